The summed E-state index contributed by atoms with van der Waals surface area (Å²) < 4.78 is 0. The predicted molar refractivity (Wildman–Crippen MR) is 41.0 cm³/mol. The molecule has 1 aliphatic rings. The SMILES string of the molecule is CCCN1CC(=O)C(C#N)C1=O. The fourth-order valence-corrected chi connectivity index (χ4v) is 1.26. The highest BCUT2D eigenvalue weighted by Gasteiger charge is 2.38. The van der Waals surface area contributed by atoms with Crippen LogP contribution < -0.4 is 0 Å². The molecule has 0 radical (unpaired) electrons. The van der Waals surface area contributed by atoms with Gasteiger partial charge in [-0.3, -0.25) is 9.59 Å². The highest BCUT2D eigenvalue weighted by molar-refractivity contribution is 6.10. The van der Waals surface area contributed by atoms with Crippen LogP contribution in [0, 0.1) is 17.2 Å². The first-order valence-corrected chi connectivity index (χ1v) is 3.91. The Balaban J connectivity index is 2.70. The molecule has 1 amide bonds. The topological polar surface area (TPSA) is 61.2 Å². The minimum absolute atomic E-state index is 0.116. The van der Waals surface area contributed by atoms with Crippen LogP contribution in [0.2, 0.25) is 0 Å². The zero-order valence-corrected chi connectivity index (χ0v) is 6.91. The molecule has 1 fully saturated rings. The van der Waals surface area contributed by atoms with E-state index in [4.69, 9.17) is 5.26 Å². The number of carbonyl (C=O) groups is 2. The zero-order chi connectivity index (χ0) is 9.14. The van der Waals surface area contributed by atoms with Crippen LogP contribution >= 0.6 is 0 Å². The molecule has 1 saturated heterocycles. The quantitative estimate of drug-likeness (QED) is 0.540. The average molecular weight is 166 g/mol. The molecular formula is C8H10N2O2. The van der Waals surface area contributed by atoms with E-state index in [-0.39, 0.29) is 18.2 Å². The number of Topliss-reactive ketones (excluding diaryl/α,β-unsaturated/α-hetero) is 1. The Hall–Kier alpha value is -1.37. The van der Waals surface area contributed by atoms with Gasteiger partial charge in [-0.05, 0) is 6.42 Å². The highest BCUT2D eigenvalue weighted by Crippen LogP contribution is 2.13. The number of carbonyl (C=O) groups excluding carboxylic acids is 2. The van der Waals surface area contributed by atoms with Gasteiger partial charge < -0.3 is 4.90 Å². The van der Waals surface area contributed by atoms with Crippen LogP contribution in [0.5, 0.6) is 0 Å². The van der Waals surface area contributed by atoms with E-state index in [1.54, 1.807) is 6.07 Å². The van der Waals surface area contributed by atoms with Gasteiger partial charge in [0.15, 0.2) is 11.7 Å². The smallest absolute Gasteiger partial charge is 0.248 e. The van der Waals surface area contributed by atoms with Crippen LogP contribution in [0.25, 0.3) is 0 Å². The molecule has 1 rings (SSSR count). The monoisotopic (exact) mass is 166 g/mol. The Morgan fingerprint density at radius 3 is 2.75 bits per heavy atom. The second-order valence-electron chi connectivity index (χ2n) is 2.79. The standard InChI is InChI=1S/C8H10N2O2/c1-2-3-10-5-7(11)6(4-9)8(10)12/h6H,2-3,5H2,1H3. The number of hydrogen-bond acceptors (Lipinski definition) is 3. The summed E-state index contributed by atoms with van der Waals surface area (Å²) in [6.07, 6.45) is 0.817. The van der Waals surface area contributed by atoms with E-state index < -0.39 is 5.92 Å². The first kappa shape index (κ1) is 8.72. The molecule has 1 unspecified atom stereocenters. The summed E-state index contributed by atoms with van der Waals surface area (Å²) in [5, 5.41) is 8.47. The zero-order valence-electron chi connectivity index (χ0n) is 6.91. The Labute approximate surface area is 70.8 Å². The normalized spacial score (nSPS) is 23.0. The molecule has 4 heteroatoms. The van der Waals surface area contributed by atoms with E-state index in [0.29, 0.717) is 6.54 Å². The Morgan fingerprint density at radius 1 is 1.67 bits per heavy atom. The van der Waals surface area contributed by atoms with Crippen molar-refractivity contribution in [2.24, 2.45) is 5.92 Å². The van der Waals surface area contributed by atoms with Crippen molar-refractivity contribution < 1.29 is 9.59 Å². The van der Waals surface area contributed by atoms with Gasteiger partial charge in [-0.25, -0.2) is 0 Å². The third-order valence-electron chi connectivity index (χ3n) is 1.85. The largest absolute Gasteiger partial charge is 0.334 e. The van der Waals surface area contributed by atoms with E-state index in [0.717, 1.165) is 6.42 Å². The maximum Gasteiger partial charge on any atom is 0.248 e. The van der Waals surface area contributed by atoms with Crippen LogP contribution in [0.4, 0.5) is 0 Å². The minimum atomic E-state index is -1.03. The predicted octanol–water partition coefficient (Wildman–Crippen LogP) is -0.0525. The van der Waals surface area contributed by atoms with E-state index in [9.17, 15) is 9.59 Å². The molecule has 0 bridgehead atoms. The van der Waals surface area contributed by atoms with Crippen molar-refractivity contribution in [2.75, 3.05) is 13.1 Å². The van der Waals surface area contributed by atoms with Gasteiger partial charge in [0, 0.05) is 6.54 Å². The summed E-state index contributed by atoms with van der Waals surface area (Å²) >= 11 is 0. The third-order valence-corrected chi connectivity index (χ3v) is 1.85. The second-order valence-corrected chi connectivity index (χ2v) is 2.79. The molecule has 0 N–H and O–H groups in total. The molecule has 4 nitrogen and oxygen atoms in total. The molecule has 0 aromatic rings. The van der Waals surface area contributed by atoms with Crippen LogP contribution in [0.1, 0.15) is 13.3 Å². The van der Waals surface area contributed by atoms with E-state index >= 15 is 0 Å². The maximum absolute atomic E-state index is 11.2. The maximum atomic E-state index is 11.2. The molecule has 1 heterocycles. The van der Waals surface area contributed by atoms with Crippen LogP contribution in [-0.2, 0) is 9.59 Å². The molecule has 0 aliphatic carbocycles. The van der Waals surface area contributed by atoms with Crippen molar-refractivity contribution in [3.8, 4) is 6.07 Å². The van der Waals surface area contributed by atoms with Crippen molar-refractivity contribution in [1.29, 1.82) is 5.26 Å². The minimum Gasteiger partial charge on any atom is -0.334 e. The van der Waals surface area contributed by atoms with Crippen molar-refractivity contribution in [1.82, 2.24) is 4.90 Å². The third kappa shape index (κ3) is 1.30. The van der Waals surface area contributed by atoms with Crippen molar-refractivity contribution >= 4 is 11.7 Å². The lowest BCUT2D eigenvalue weighted by molar-refractivity contribution is -0.130. The first-order valence-electron chi connectivity index (χ1n) is 3.91. The average Bonchev–Trinajstić information content (AvgIpc) is 2.29. The van der Waals surface area contributed by atoms with Gasteiger partial charge in [0.2, 0.25) is 5.91 Å². The number of hydrogen-bond donors (Lipinski definition) is 0. The summed E-state index contributed by atoms with van der Waals surface area (Å²) in [5.41, 5.74) is 0. The van der Waals surface area contributed by atoms with Gasteiger partial charge >= 0.3 is 0 Å². The van der Waals surface area contributed by atoms with E-state index in [1.165, 1.54) is 4.90 Å². The summed E-state index contributed by atoms with van der Waals surface area (Å²) in [5.74, 6) is -1.63. The molecule has 1 aliphatic heterocycles. The summed E-state index contributed by atoms with van der Waals surface area (Å²) in [6, 6.07) is 1.71. The van der Waals surface area contributed by atoms with Gasteiger partial charge in [-0.1, -0.05) is 6.92 Å². The van der Waals surface area contributed by atoms with Crippen LogP contribution in [0.15, 0.2) is 0 Å². The number of rotatable bonds is 2. The number of nitrogens with zero attached hydrogens (tertiary/aromatic N) is 2. The van der Waals surface area contributed by atoms with E-state index in [1.807, 2.05) is 6.92 Å². The Kier molecular flexibility index (Phi) is 2.44. The number of likely N-dealkylation sites (tertiary alicyclic amines) is 1. The highest BCUT2D eigenvalue weighted by atomic mass is 16.2. The van der Waals surface area contributed by atoms with Gasteiger partial charge in [-0.2, -0.15) is 5.26 Å². The molecule has 0 aromatic carbocycles. The molecule has 0 saturated carbocycles. The van der Waals surface area contributed by atoms with Crippen molar-refractivity contribution in [3.63, 3.8) is 0 Å². The van der Waals surface area contributed by atoms with E-state index in [2.05, 4.69) is 0 Å². The molecule has 12 heavy (non-hydrogen) atoms. The number of amides is 1. The number of ketones is 1. The Morgan fingerprint density at radius 2 is 2.33 bits per heavy atom. The summed E-state index contributed by atoms with van der Waals surface area (Å²) in [6.45, 7) is 2.62. The van der Waals surface area contributed by atoms with Gasteiger partial charge in [0.25, 0.3) is 0 Å². The van der Waals surface area contributed by atoms with Crippen molar-refractivity contribution in [2.45, 2.75) is 13.3 Å². The molecule has 0 spiro atoms. The number of nitriles is 1. The Bertz CT molecular complexity index is 254. The summed E-state index contributed by atoms with van der Waals surface area (Å²) in [7, 11) is 0. The second kappa shape index (κ2) is 3.35. The van der Waals surface area contributed by atoms with Gasteiger partial charge in [0.05, 0.1) is 12.6 Å². The van der Waals surface area contributed by atoms with Crippen molar-refractivity contribution in [3.05, 3.63) is 0 Å². The fraction of sp³-hybridized carbons (Fsp3) is 0.625. The molecule has 0 aromatic heterocycles. The molecular weight excluding hydrogens is 156 g/mol. The lowest BCUT2D eigenvalue weighted by Crippen LogP contribution is -2.27. The molecule has 64 valence electrons. The van der Waals surface area contributed by atoms with Gasteiger partial charge in [-0.15, -0.1) is 0 Å². The molecule has 1 atom stereocenters. The lowest BCUT2D eigenvalue weighted by atomic mass is 10.1. The van der Waals surface area contributed by atoms with Crippen LogP contribution in [-0.4, -0.2) is 29.7 Å². The first-order chi connectivity index (χ1) is 5.70. The fourth-order valence-electron chi connectivity index (χ4n) is 1.26. The van der Waals surface area contributed by atoms with Crippen LogP contribution in [0.3, 0.4) is 0 Å². The lowest BCUT2D eigenvalue weighted by Gasteiger charge is -2.11. The van der Waals surface area contributed by atoms with Gasteiger partial charge in [0.1, 0.15) is 0 Å². The summed E-state index contributed by atoms with van der Waals surface area (Å²) in [4.78, 5) is 23.7.